The number of amides is 1. The van der Waals surface area contributed by atoms with Gasteiger partial charge in [0.05, 0.1) is 30.5 Å². The van der Waals surface area contributed by atoms with Crippen LogP contribution in [0.3, 0.4) is 0 Å². The molecule has 3 saturated heterocycles. The van der Waals surface area contributed by atoms with Crippen LogP contribution >= 0.6 is 15.9 Å². The zero-order valence-corrected chi connectivity index (χ0v) is 47.6. The fourth-order valence-corrected chi connectivity index (χ4v) is 12.1. The number of carbonyl (C=O) groups is 3. The van der Waals surface area contributed by atoms with Gasteiger partial charge >= 0.3 is 11.9 Å². The summed E-state index contributed by atoms with van der Waals surface area (Å²) in [5.41, 5.74) is 2.44. The van der Waals surface area contributed by atoms with Crippen molar-refractivity contribution in [2.24, 2.45) is 17.8 Å². The fraction of sp³-hybridized carbons (Fsp3) is 0.737. The van der Waals surface area contributed by atoms with Crippen LogP contribution in [0.15, 0.2) is 53.0 Å². The highest BCUT2D eigenvalue weighted by Gasteiger charge is 2.54. The number of aliphatic hydroxyl groups excluding tert-OH is 5. The second-order valence-corrected chi connectivity index (χ2v) is 22.9. The van der Waals surface area contributed by atoms with E-state index in [1.807, 2.05) is 6.92 Å². The summed E-state index contributed by atoms with van der Waals surface area (Å²) in [6.45, 7) is 12.6. The van der Waals surface area contributed by atoms with Crippen LogP contribution in [0, 0.1) is 17.8 Å². The van der Waals surface area contributed by atoms with Crippen molar-refractivity contribution in [3.05, 3.63) is 69.7 Å². The molecule has 2 saturated carbocycles. The molecule has 3 heterocycles. The molecular weight excluding hydrogens is 1090 g/mol. The molecule has 0 radical (unpaired) electrons. The first-order chi connectivity index (χ1) is 38.2. The van der Waals surface area contributed by atoms with Crippen molar-refractivity contribution in [1.29, 1.82) is 0 Å². The van der Waals surface area contributed by atoms with Gasteiger partial charge in [-0.05, 0) is 106 Å². The van der Waals surface area contributed by atoms with E-state index < -0.39 is 110 Å². The first kappa shape index (κ1) is 63.3. The molecule has 5 fully saturated rings. The monoisotopic (exact) mass is 1180 g/mol. The van der Waals surface area contributed by atoms with E-state index in [1.165, 1.54) is 24.6 Å². The molecule has 14 unspecified atom stereocenters. The number of aliphatic carboxylic acids is 1. The lowest BCUT2D eigenvalue weighted by molar-refractivity contribution is -0.349. The van der Waals surface area contributed by atoms with Crippen molar-refractivity contribution in [1.82, 2.24) is 31.5 Å². The van der Waals surface area contributed by atoms with E-state index in [0.29, 0.717) is 32.5 Å². The highest BCUT2D eigenvalue weighted by atomic mass is 79.9. The van der Waals surface area contributed by atoms with Gasteiger partial charge in [-0.25, -0.2) is 9.59 Å². The number of hydrogen-bond acceptors (Lipinski definition) is 19. The quantitative estimate of drug-likeness (QED) is 0.0631. The number of halogens is 1. The lowest BCUT2D eigenvalue weighted by atomic mass is 9.75. The minimum absolute atomic E-state index is 0.00338. The summed E-state index contributed by atoms with van der Waals surface area (Å²) in [6, 6.07) is 14.5. The molecule has 7 rings (SSSR count). The molecule has 2 aliphatic carbocycles. The summed E-state index contributed by atoms with van der Waals surface area (Å²) in [6.07, 6.45) is -10.9. The Morgan fingerprint density at radius 3 is 2.23 bits per heavy atom. The average molecular weight is 1180 g/mol. The van der Waals surface area contributed by atoms with Gasteiger partial charge in [-0.2, -0.15) is 0 Å². The molecule has 79 heavy (non-hydrogen) atoms. The second kappa shape index (κ2) is 32.5. The maximum absolute atomic E-state index is 14.3. The zero-order valence-electron chi connectivity index (χ0n) is 46.0. The molecule has 0 aromatic heterocycles. The number of esters is 1. The number of nitrogens with one attached hydrogen (secondary N) is 5. The SMILES string of the molecule is CCC1CC(C(=O)NCCNCc2ccc(CN3CCCNCCNCCCNCC3)c(Br)c2)CC(OC2OC(CO)C(O)C(O[C@@H](CC3CCCCC3)C(=O)O)C2OC(=O)c2ccccc2)C1OC1OC(C)C(O)C(O)C1O. The molecule has 1 amide bonds. The van der Waals surface area contributed by atoms with E-state index >= 15 is 0 Å². The maximum atomic E-state index is 14.3. The number of ether oxygens (including phenoxy) is 6. The Balaban J connectivity index is 1.05. The number of carboxylic acids is 1. The third-order valence-corrected chi connectivity index (χ3v) is 17.0. The van der Waals surface area contributed by atoms with Crippen LogP contribution in [-0.4, -0.2) is 205 Å². The van der Waals surface area contributed by atoms with Crippen LogP contribution < -0.4 is 26.6 Å². The van der Waals surface area contributed by atoms with E-state index in [0.717, 1.165) is 114 Å². The van der Waals surface area contributed by atoms with Gasteiger partial charge in [0.25, 0.3) is 0 Å². The molecule has 3 aliphatic heterocycles. The van der Waals surface area contributed by atoms with Crippen LogP contribution in [-0.2, 0) is 51.1 Å². The van der Waals surface area contributed by atoms with Gasteiger partial charge in [0.1, 0.15) is 36.6 Å². The van der Waals surface area contributed by atoms with Gasteiger partial charge in [0.2, 0.25) is 5.91 Å². The molecule has 2 aromatic rings. The predicted molar refractivity (Wildman–Crippen MR) is 295 cm³/mol. The number of nitrogens with zero attached hydrogens (tertiary/aromatic N) is 1. The van der Waals surface area contributed by atoms with Crippen LogP contribution in [0.25, 0.3) is 0 Å². The van der Waals surface area contributed by atoms with E-state index in [-0.39, 0.29) is 30.2 Å². The molecule has 0 spiro atoms. The topological polar surface area (TPSA) is 291 Å². The smallest absolute Gasteiger partial charge is 0.338 e. The van der Waals surface area contributed by atoms with Gasteiger partial charge in [-0.15, -0.1) is 0 Å². The molecular formula is C57H89BrN6O15. The molecule has 11 N–H and O–H groups in total. The third kappa shape index (κ3) is 18.6. The minimum atomic E-state index is -1.69. The number of carbonyl (C=O) groups excluding carboxylic acids is 2. The molecule has 15 atom stereocenters. The molecule has 21 nitrogen and oxygen atoms in total. The largest absolute Gasteiger partial charge is 0.479 e. The molecule has 2 aromatic carbocycles. The van der Waals surface area contributed by atoms with E-state index in [9.17, 15) is 45.0 Å². The summed E-state index contributed by atoms with van der Waals surface area (Å²) in [4.78, 5) is 43.6. The van der Waals surface area contributed by atoms with Crippen LogP contribution in [0.4, 0.5) is 0 Å². The fourth-order valence-electron chi connectivity index (χ4n) is 11.6. The lowest BCUT2D eigenvalue weighted by Gasteiger charge is -2.48. The Labute approximate surface area is 473 Å². The number of hydrogen-bond donors (Lipinski definition) is 11. The molecule has 0 bridgehead atoms. The maximum Gasteiger partial charge on any atom is 0.338 e. The van der Waals surface area contributed by atoms with Crippen molar-refractivity contribution >= 4 is 33.8 Å². The lowest BCUT2D eigenvalue weighted by Crippen LogP contribution is -2.64. The Hall–Kier alpha value is -3.27. The zero-order chi connectivity index (χ0) is 56.3. The van der Waals surface area contributed by atoms with Crippen molar-refractivity contribution in [3.63, 3.8) is 0 Å². The van der Waals surface area contributed by atoms with E-state index in [2.05, 4.69) is 65.6 Å². The van der Waals surface area contributed by atoms with Crippen molar-refractivity contribution < 1.29 is 73.4 Å². The van der Waals surface area contributed by atoms with Crippen molar-refractivity contribution in [3.8, 4) is 0 Å². The summed E-state index contributed by atoms with van der Waals surface area (Å²) < 4.78 is 39.0. The second-order valence-electron chi connectivity index (χ2n) is 22.0. The first-order valence-electron chi connectivity index (χ1n) is 28.9. The van der Waals surface area contributed by atoms with Crippen LogP contribution in [0.5, 0.6) is 0 Å². The van der Waals surface area contributed by atoms with Crippen molar-refractivity contribution in [2.75, 3.05) is 72.1 Å². The van der Waals surface area contributed by atoms with Gasteiger partial charge in [0.15, 0.2) is 24.8 Å². The Morgan fingerprint density at radius 1 is 0.785 bits per heavy atom. The van der Waals surface area contributed by atoms with Gasteiger partial charge in [0, 0.05) is 62.7 Å². The van der Waals surface area contributed by atoms with Crippen LogP contribution in [0.1, 0.15) is 106 Å². The van der Waals surface area contributed by atoms with E-state index in [4.69, 9.17) is 28.4 Å². The predicted octanol–water partition coefficient (Wildman–Crippen LogP) is 2.17. The normalized spacial score (nSPS) is 32.6. The summed E-state index contributed by atoms with van der Waals surface area (Å²) in [5.74, 6) is -3.44. The molecule has 444 valence electrons. The Morgan fingerprint density at radius 2 is 1.52 bits per heavy atom. The van der Waals surface area contributed by atoms with Crippen LogP contribution in [0.2, 0.25) is 0 Å². The number of aliphatic hydroxyl groups is 5. The first-order valence-corrected chi connectivity index (χ1v) is 29.7. The van der Waals surface area contributed by atoms with Crippen molar-refractivity contribution in [2.45, 2.75) is 177 Å². The standard InChI is InChI=1S/C57H89BrN6O15/c1-3-38-30-41(53(70)63-24-23-62-32-37-16-17-40(42(58)28-37)33-64-26-11-20-60-22-21-59-18-10-19-61-25-27-64)31-43(50(38)79-56-49(69)48(68)46(66)35(2)74-56)76-57-52(78-55(73)39-14-8-5-9-15-39)51(47(67)45(34-65)77-57)75-44(54(71)72)29-36-12-6-4-7-13-36/h5,8-9,14-17,28,35-36,38,41,43-52,56-57,59-62,65-69H,3-4,6-7,10-13,18-27,29-34H2,1-2H3,(H,63,70)(H,71,72)/t35?,38?,41?,43?,44-,45?,46?,47?,48?,49?,50?,51?,52?,56?,57?/m0/s1. The number of carboxylic acid groups (broad SMARTS) is 1. The van der Waals surface area contributed by atoms with Gasteiger partial charge in [-0.1, -0.05) is 91.7 Å². The Bertz CT molecular complexity index is 2140. The van der Waals surface area contributed by atoms with Gasteiger partial charge < -0.3 is 85.6 Å². The summed E-state index contributed by atoms with van der Waals surface area (Å²) >= 11 is 3.83. The van der Waals surface area contributed by atoms with E-state index in [1.54, 1.807) is 18.2 Å². The number of benzene rings is 2. The number of rotatable bonds is 21. The summed E-state index contributed by atoms with van der Waals surface area (Å²) in [5, 5.41) is 82.6. The van der Waals surface area contributed by atoms with Gasteiger partial charge in [-0.3, -0.25) is 9.69 Å². The summed E-state index contributed by atoms with van der Waals surface area (Å²) in [7, 11) is 0. The highest BCUT2D eigenvalue weighted by Crippen LogP contribution is 2.40. The minimum Gasteiger partial charge on any atom is -0.479 e. The molecule has 5 aliphatic rings. The molecule has 22 heteroatoms. The third-order valence-electron chi connectivity index (χ3n) is 16.2. The average Bonchev–Trinajstić information content (AvgIpc) is 3.62. The Kier molecular flexibility index (Phi) is 26.1. The highest BCUT2D eigenvalue weighted by molar-refractivity contribution is 9.10.